The fourth-order valence-electron chi connectivity index (χ4n) is 2.32. The zero-order valence-electron chi connectivity index (χ0n) is 11.7. The van der Waals surface area contributed by atoms with Crippen LogP contribution in [-0.4, -0.2) is 13.2 Å². The topological polar surface area (TPSA) is 56.5 Å². The second kappa shape index (κ2) is 5.52. The van der Waals surface area contributed by atoms with Crippen molar-refractivity contribution in [2.45, 2.75) is 13.0 Å². The van der Waals surface area contributed by atoms with Gasteiger partial charge in [-0.1, -0.05) is 12.1 Å². The van der Waals surface area contributed by atoms with Gasteiger partial charge in [0.1, 0.15) is 19.0 Å². The van der Waals surface area contributed by atoms with Crippen molar-refractivity contribution < 1.29 is 13.9 Å². The highest BCUT2D eigenvalue weighted by Crippen LogP contribution is 2.38. The molecule has 1 atom stereocenters. The summed E-state index contributed by atoms with van der Waals surface area (Å²) in [4.78, 5) is 0. The summed E-state index contributed by atoms with van der Waals surface area (Å²) in [5.41, 5.74) is 8.20. The van der Waals surface area contributed by atoms with Gasteiger partial charge in [0.25, 0.3) is 0 Å². The van der Waals surface area contributed by atoms with Crippen molar-refractivity contribution in [3.05, 3.63) is 47.8 Å². The Labute approximate surface area is 122 Å². The minimum Gasteiger partial charge on any atom is -0.486 e. The molecule has 2 aromatic rings. The van der Waals surface area contributed by atoms with E-state index in [0.29, 0.717) is 30.4 Å². The van der Waals surface area contributed by atoms with Crippen LogP contribution >= 0.6 is 0 Å². The molecule has 3 rings (SSSR count). The van der Waals surface area contributed by atoms with Gasteiger partial charge in [-0.2, -0.15) is 0 Å². The van der Waals surface area contributed by atoms with Crippen molar-refractivity contribution >= 4 is 11.4 Å². The molecule has 2 aromatic carbocycles. The van der Waals surface area contributed by atoms with E-state index in [1.165, 1.54) is 12.1 Å². The van der Waals surface area contributed by atoms with Gasteiger partial charge in [0.05, 0.1) is 11.4 Å². The Kier molecular flexibility index (Phi) is 3.56. The van der Waals surface area contributed by atoms with Gasteiger partial charge < -0.3 is 20.5 Å². The molecule has 0 bridgehead atoms. The second-order valence-electron chi connectivity index (χ2n) is 5.00. The van der Waals surface area contributed by atoms with Crippen LogP contribution in [-0.2, 0) is 0 Å². The van der Waals surface area contributed by atoms with Gasteiger partial charge >= 0.3 is 0 Å². The number of anilines is 2. The van der Waals surface area contributed by atoms with E-state index < -0.39 is 0 Å². The Morgan fingerprint density at radius 1 is 1.14 bits per heavy atom. The van der Waals surface area contributed by atoms with E-state index in [1.807, 2.05) is 19.1 Å². The monoisotopic (exact) mass is 288 g/mol. The summed E-state index contributed by atoms with van der Waals surface area (Å²) in [5.74, 6) is 1.07. The zero-order chi connectivity index (χ0) is 14.8. The molecule has 0 fully saturated rings. The summed E-state index contributed by atoms with van der Waals surface area (Å²) < 4.78 is 24.3. The highest BCUT2D eigenvalue weighted by Gasteiger charge is 2.16. The minimum atomic E-state index is -0.253. The highest BCUT2D eigenvalue weighted by molar-refractivity contribution is 5.72. The van der Waals surface area contributed by atoms with E-state index in [4.69, 9.17) is 15.2 Å². The number of halogens is 1. The summed E-state index contributed by atoms with van der Waals surface area (Å²) >= 11 is 0. The molecule has 1 unspecified atom stereocenters. The molecule has 1 aliphatic heterocycles. The number of benzene rings is 2. The number of rotatable bonds is 3. The van der Waals surface area contributed by atoms with E-state index in [-0.39, 0.29) is 11.9 Å². The molecule has 0 spiro atoms. The first-order valence-electron chi connectivity index (χ1n) is 6.84. The highest BCUT2D eigenvalue weighted by atomic mass is 19.1. The third-order valence-corrected chi connectivity index (χ3v) is 3.44. The Morgan fingerprint density at radius 2 is 1.86 bits per heavy atom. The van der Waals surface area contributed by atoms with E-state index in [2.05, 4.69) is 5.32 Å². The van der Waals surface area contributed by atoms with Crippen molar-refractivity contribution in [2.24, 2.45) is 0 Å². The number of fused-ring (bicyclic) bond motifs is 1. The normalized spacial score (nSPS) is 14.6. The molecule has 4 nitrogen and oxygen atoms in total. The zero-order valence-corrected chi connectivity index (χ0v) is 11.7. The SMILES string of the molecule is CC(Nc1cc2c(cc1N)OCCO2)c1cccc(F)c1. The fourth-order valence-corrected chi connectivity index (χ4v) is 2.32. The molecule has 5 heteroatoms. The lowest BCUT2D eigenvalue weighted by molar-refractivity contribution is 0.172. The summed E-state index contributed by atoms with van der Waals surface area (Å²) in [6, 6.07) is 9.98. The van der Waals surface area contributed by atoms with Crippen LogP contribution in [0.15, 0.2) is 36.4 Å². The molecule has 1 aliphatic rings. The lowest BCUT2D eigenvalue weighted by Gasteiger charge is -2.22. The maximum atomic E-state index is 13.3. The second-order valence-corrected chi connectivity index (χ2v) is 5.00. The van der Waals surface area contributed by atoms with E-state index in [0.717, 1.165) is 11.3 Å². The quantitative estimate of drug-likeness (QED) is 0.850. The van der Waals surface area contributed by atoms with Gasteiger partial charge in [-0.05, 0) is 24.6 Å². The first-order valence-corrected chi connectivity index (χ1v) is 6.84. The maximum absolute atomic E-state index is 13.3. The molecular formula is C16H17FN2O2. The number of hydrogen-bond acceptors (Lipinski definition) is 4. The largest absolute Gasteiger partial charge is 0.486 e. The van der Waals surface area contributed by atoms with E-state index in [1.54, 1.807) is 12.1 Å². The molecule has 0 saturated carbocycles. The molecule has 0 aliphatic carbocycles. The molecule has 0 amide bonds. The molecule has 0 radical (unpaired) electrons. The van der Waals surface area contributed by atoms with Crippen LogP contribution in [0.2, 0.25) is 0 Å². The van der Waals surface area contributed by atoms with Gasteiger partial charge in [-0.3, -0.25) is 0 Å². The van der Waals surface area contributed by atoms with Crippen LogP contribution in [0.5, 0.6) is 11.5 Å². The molecule has 0 saturated heterocycles. The van der Waals surface area contributed by atoms with Crippen LogP contribution in [0.1, 0.15) is 18.5 Å². The third kappa shape index (κ3) is 2.86. The predicted octanol–water partition coefficient (Wildman–Crippen LogP) is 3.35. The van der Waals surface area contributed by atoms with Crippen LogP contribution in [0.25, 0.3) is 0 Å². The van der Waals surface area contributed by atoms with Crippen LogP contribution in [0, 0.1) is 5.82 Å². The Hall–Kier alpha value is -2.43. The van der Waals surface area contributed by atoms with Crippen molar-refractivity contribution in [1.29, 1.82) is 0 Å². The van der Waals surface area contributed by atoms with Crippen molar-refractivity contribution in [2.75, 3.05) is 24.3 Å². The van der Waals surface area contributed by atoms with Gasteiger partial charge in [-0.15, -0.1) is 0 Å². The van der Waals surface area contributed by atoms with Gasteiger partial charge in [0, 0.05) is 18.2 Å². The molecular weight excluding hydrogens is 271 g/mol. The summed E-state index contributed by atoms with van der Waals surface area (Å²) in [7, 11) is 0. The molecule has 21 heavy (non-hydrogen) atoms. The Balaban J connectivity index is 1.84. The summed E-state index contributed by atoms with van der Waals surface area (Å²) in [6.07, 6.45) is 0. The lowest BCUT2D eigenvalue weighted by atomic mass is 10.1. The average Bonchev–Trinajstić information content (AvgIpc) is 2.48. The average molecular weight is 288 g/mol. The Bertz CT molecular complexity index is 661. The lowest BCUT2D eigenvalue weighted by Crippen LogP contribution is -2.16. The first kappa shape index (κ1) is 13.5. The number of hydrogen-bond donors (Lipinski definition) is 2. The fraction of sp³-hybridized carbons (Fsp3) is 0.250. The molecule has 0 aromatic heterocycles. The first-order chi connectivity index (χ1) is 10.1. The summed E-state index contributed by atoms with van der Waals surface area (Å²) in [5, 5.41) is 3.28. The predicted molar refractivity (Wildman–Crippen MR) is 80.3 cm³/mol. The summed E-state index contributed by atoms with van der Waals surface area (Å²) in [6.45, 7) is 3.00. The van der Waals surface area contributed by atoms with Gasteiger partial charge in [0.2, 0.25) is 0 Å². The van der Waals surface area contributed by atoms with Gasteiger partial charge in [-0.25, -0.2) is 4.39 Å². The van der Waals surface area contributed by atoms with Crippen LogP contribution in [0.3, 0.4) is 0 Å². The smallest absolute Gasteiger partial charge is 0.163 e. The third-order valence-electron chi connectivity index (χ3n) is 3.44. The molecule has 110 valence electrons. The molecule has 1 heterocycles. The van der Waals surface area contributed by atoms with E-state index in [9.17, 15) is 4.39 Å². The van der Waals surface area contributed by atoms with Crippen molar-refractivity contribution in [1.82, 2.24) is 0 Å². The molecule has 3 N–H and O–H groups in total. The Morgan fingerprint density at radius 3 is 2.57 bits per heavy atom. The maximum Gasteiger partial charge on any atom is 0.163 e. The number of ether oxygens (including phenoxy) is 2. The standard InChI is InChI=1S/C16H17FN2O2/c1-10(11-3-2-4-12(17)7-11)19-14-9-16-15(8-13(14)18)20-5-6-21-16/h2-4,7-10,19H,5-6,18H2,1H3. The number of nitrogens with two attached hydrogens (primary N) is 1. The van der Waals surface area contributed by atoms with Crippen molar-refractivity contribution in [3.63, 3.8) is 0 Å². The number of nitrogen functional groups attached to an aromatic ring is 1. The van der Waals surface area contributed by atoms with Gasteiger partial charge in [0.15, 0.2) is 11.5 Å². The van der Waals surface area contributed by atoms with Crippen LogP contribution < -0.4 is 20.5 Å². The van der Waals surface area contributed by atoms with E-state index >= 15 is 0 Å². The van der Waals surface area contributed by atoms with Crippen molar-refractivity contribution in [3.8, 4) is 11.5 Å². The number of nitrogens with one attached hydrogen (secondary N) is 1. The van der Waals surface area contributed by atoms with Crippen LogP contribution in [0.4, 0.5) is 15.8 Å². The minimum absolute atomic E-state index is 0.0782.